The van der Waals surface area contributed by atoms with Crippen LogP contribution in [0.2, 0.25) is 0 Å². The highest BCUT2D eigenvalue weighted by atomic mass is 16.5. The SMILES string of the molecule is CN(CC1CCOCC1)c1ccc(CNC2CC2)cn1. The molecule has 110 valence electrons. The molecule has 0 atom stereocenters. The summed E-state index contributed by atoms with van der Waals surface area (Å²) in [5.74, 6) is 1.82. The highest BCUT2D eigenvalue weighted by molar-refractivity contribution is 5.38. The molecule has 0 aromatic carbocycles. The van der Waals surface area contributed by atoms with Crippen molar-refractivity contribution in [2.24, 2.45) is 5.92 Å². The third kappa shape index (κ3) is 3.93. The topological polar surface area (TPSA) is 37.4 Å². The summed E-state index contributed by atoms with van der Waals surface area (Å²) in [6.07, 6.45) is 7.02. The molecular weight excluding hydrogens is 250 g/mol. The molecule has 4 heteroatoms. The van der Waals surface area contributed by atoms with E-state index in [-0.39, 0.29) is 0 Å². The van der Waals surface area contributed by atoms with Crippen LogP contribution in [0.3, 0.4) is 0 Å². The van der Waals surface area contributed by atoms with E-state index in [0.717, 1.165) is 44.1 Å². The van der Waals surface area contributed by atoms with Crippen molar-refractivity contribution >= 4 is 5.82 Å². The predicted molar refractivity (Wildman–Crippen MR) is 80.9 cm³/mol. The van der Waals surface area contributed by atoms with E-state index in [1.807, 2.05) is 6.20 Å². The van der Waals surface area contributed by atoms with Crippen LogP contribution in [-0.4, -0.2) is 37.8 Å². The molecule has 1 aromatic heterocycles. The second-order valence-electron chi connectivity index (χ2n) is 6.12. The Balaban J connectivity index is 1.49. The van der Waals surface area contributed by atoms with Gasteiger partial charge in [-0.25, -0.2) is 4.98 Å². The Bertz CT molecular complexity index is 410. The molecule has 2 fully saturated rings. The van der Waals surface area contributed by atoms with Crippen LogP contribution in [0, 0.1) is 5.92 Å². The van der Waals surface area contributed by atoms with Crippen molar-refractivity contribution in [2.45, 2.75) is 38.3 Å². The first-order valence-electron chi connectivity index (χ1n) is 7.78. The molecule has 20 heavy (non-hydrogen) atoms. The summed E-state index contributed by atoms with van der Waals surface area (Å²) in [7, 11) is 2.14. The van der Waals surface area contributed by atoms with Crippen molar-refractivity contribution in [3.05, 3.63) is 23.9 Å². The summed E-state index contributed by atoms with van der Waals surface area (Å²) in [6, 6.07) is 5.09. The lowest BCUT2D eigenvalue weighted by Gasteiger charge is -2.27. The van der Waals surface area contributed by atoms with Crippen LogP contribution in [0.5, 0.6) is 0 Å². The summed E-state index contributed by atoms with van der Waals surface area (Å²) in [6.45, 7) is 3.85. The number of anilines is 1. The lowest BCUT2D eigenvalue weighted by Crippen LogP contribution is -2.30. The van der Waals surface area contributed by atoms with E-state index < -0.39 is 0 Å². The maximum absolute atomic E-state index is 5.41. The van der Waals surface area contributed by atoms with Crippen molar-refractivity contribution in [3.8, 4) is 0 Å². The van der Waals surface area contributed by atoms with Crippen molar-refractivity contribution in [1.82, 2.24) is 10.3 Å². The summed E-state index contributed by atoms with van der Waals surface area (Å²) in [5.41, 5.74) is 1.28. The zero-order valence-corrected chi connectivity index (χ0v) is 12.3. The van der Waals surface area contributed by atoms with E-state index in [4.69, 9.17) is 4.74 Å². The summed E-state index contributed by atoms with van der Waals surface area (Å²) < 4.78 is 5.41. The van der Waals surface area contributed by atoms with Gasteiger partial charge in [-0.2, -0.15) is 0 Å². The Labute approximate surface area is 121 Å². The Hall–Kier alpha value is -1.13. The summed E-state index contributed by atoms with van der Waals surface area (Å²) >= 11 is 0. The van der Waals surface area contributed by atoms with Gasteiger partial charge in [-0.3, -0.25) is 0 Å². The Morgan fingerprint density at radius 2 is 2.05 bits per heavy atom. The number of rotatable bonds is 6. The number of hydrogen-bond acceptors (Lipinski definition) is 4. The molecule has 1 saturated heterocycles. The molecular formula is C16H25N3O. The summed E-state index contributed by atoms with van der Waals surface area (Å²) in [4.78, 5) is 6.87. The number of aromatic nitrogens is 1. The van der Waals surface area contributed by atoms with Gasteiger partial charge >= 0.3 is 0 Å². The molecule has 0 bridgehead atoms. The third-order valence-corrected chi connectivity index (χ3v) is 4.25. The van der Waals surface area contributed by atoms with Gasteiger partial charge in [0.15, 0.2) is 0 Å². The fraction of sp³-hybridized carbons (Fsp3) is 0.688. The molecule has 4 nitrogen and oxygen atoms in total. The maximum atomic E-state index is 5.41. The van der Waals surface area contributed by atoms with Crippen molar-refractivity contribution in [1.29, 1.82) is 0 Å². The van der Waals surface area contributed by atoms with Gasteiger partial charge in [0.05, 0.1) is 0 Å². The Kier molecular flexibility index (Phi) is 4.53. The highest BCUT2D eigenvalue weighted by Gasteiger charge is 2.20. The average Bonchev–Trinajstić information content (AvgIpc) is 3.31. The van der Waals surface area contributed by atoms with E-state index in [0.29, 0.717) is 0 Å². The van der Waals surface area contributed by atoms with E-state index in [1.54, 1.807) is 0 Å². The predicted octanol–water partition coefficient (Wildman–Crippen LogP) is 2.20. The van der Waals surface area contributed by atoms with Gasteiger partial charge < -0.3 is 15.0 Å². The van der Waals surface area contributed by atoms with Gasteiger partial charge in [0.2, 0.25) is 0 Å². The number of ether oxygens (including phenoxy) is 1. The molecule has 0 unspecified atom stereocenters. The Morgan fingerprint density at radius 1 is 1.25 bits per heavy atom. The molecule has 1 saturated carbocycles. The molecule has 1 N–H and O–H groups in total. The normalized spacial score (nSPS) is 20.1. The third-order valence-electron chi connectivity index (χ3n) is 4.25. The molecule has 2 aliphatic rings. The first-order chi connectivity index (χ1) is 9.81. The highest BCUT2D eigenvalue weighted by Crippen LogP contribution is 2.20. The van der Waals surface area contributed by atoms with Gasteiger partial charge in [-0.1, -0.05) is 6.07 Å². The zero-order chi connectivity index (χ0) is 13.8. The van der Waals surface area contributed by atoms with Gasteiger partial charge in [-0.05, 0) is 43.2 Å². The minimum atomic E-state index is 0.742. The molecule has 0 radical (unpaired) electrons. The smallest absolute Gasteiger partial charge is 0.128 e. The molecule has 0 spiro atoms. The van der Waals surface area contributed by atoms with Crippen LogP contribution in [0.4, 0.5) is 5.82 Å². The molecule has 1 aromatic rings. The van der Waals surface area contributed by atoms with E-state index in [2.05, 4.69) is 34.4 Å². The van der Waals surface area contributed by atoms with Crippen LogP contribution in [-0.2, 0) is 11.3 Å². The van der Waals surface area contributed by atoms with Gasteiger partial charge in [0.1, 0.15) is 5.82 Å². The minimum absolute atomic E-state index is 0.742. The van der Waals surface area contributed by atoms with Crippen molar-refractivity contribution in [3.63, 3.8) is 0 Å². The molecule has 1 aliphatic heterocycles. The first-order valence-corrected chi connectivity index (χ1v) is 7.78. The molecule has 3 rings (SSSR count). The minimum Gasteiger partial charge on any atom is -0.381 e. The fourth-order valence-corrected chi connectivity index (χ4v) is 2.71. The Morgan fingerprint density at radius 3 is 2.70 bits per heavy atom. The van der Waals surface area contributed by atoms with Gasteiger partial charge in [-0.15, -0.1) is 0 Å². The summed E-state index contributed by atoms with van der Waals surface area (Å²) in [5, 5.41) is 3.52. The molecule has 2 heterocycles. The monoisotopic (exact) mass is 275 g/mol. The van der Waals surface area contributed by atoms with Crippen molar-refractivity contribution < 1.29 is 4.74 Å². The lowest BCUT2D eigenvalue weighted by molar-refractivity contribution is 0.0685. The van der Waals surface area contributed by atoms with E-state index in [1.165, 1.54) is 31.2 Å². The first kappa shape index (κ1) is 13.8. The van der Waals surface area contributed by atoms with Gasteiger partial charge in [0, 0.05) is 45.6 Å². The molecule has 1 aliphatic carbocycles. The largest absolute Gasteiger partial charge is 0.381 e. The fourth-order valence-electron chi connectivity index (χ4n) is 2.71. The molecule has 0 amide bonds. The van der Waals surface area contributed by atoms with E-state index in [9.17, 15) is 0 Å². The van der Waals surface area contributed by atoms with Crippen LogP contribution in [0.25, 0.3) is 0 Å². The van der Waals surface area contributed by atoms with Crippen LogP contribution in [0.1, 0.15) is 31.2 Å². The standard InChI is InChI=1S/C16H25N3O/c1-19(12-13-6-8-20-9-7-13)16-5-2-14(11-18-16)10-17-15-3-4-15/h2,5,11,13,15,17H,3-4,6-10,12H2,1H3. The van der Waals surface area contributed by atoms with Gasteiger partial charge in [0.25, 0.3) is 0 Å². The lowest BCUT2D eigenvalue weighted by atomic mass is 10.00. The van der Waals surface area contributed by atoms with Crippen LogP contribution in [0.15, 0.2) is 18.3 Å². The van der Waals surface area contributed by atoms with Crippen molar-refractivity contribution in [2.75, 3.05) is 31.7 Å². The zero-order valence-electron chi connectivity index (χ0n) is 12.3. The quantitative estimate of drug-likeness (QED) is 0.863. The number of pyridine rings is 1. The number of hydrogen-bond donors (Lipinski definition) is 1. The maximum Gasteiger partial charge on any atom is 0.128 e. The van der Waals surface area contributed by atoms with E-state index >= 15 is 0 Å². The number of nitrogens with one attached hydrogen (secondary N) is 1. The van der Waals surface area contributed by atoms with Crippen LogP contribution < -0.4 is 10.2 Å². The van der Waals surface area contributed by atoms with Crippen LogP contribution >= 0.6 is 0 Å². The average molecular weight is 275 g/mol. The number of nitrogens with zero attached hydrogens (tertiary/aromatic N) is 2. The second-order valence-corrected chi connectivity index (χ2v) is 6.12. The second kappa shape index (κ2) is 6.55.